The monoisotopic (exact) mass is 337 g/mol. The summed E-state index contributed by atoms with van der Waals surface area (Å²) in [6, 6.07) is 4.45. The number of nitrogens with one attached hydrogen (secondary N) is 1. The normalized spacial score (nSPS) is 14.1. The third-order valence-electron chi connectivity index (χ3n) is 2.60. The van der Waals surface area contributed by atoms with Crippen molar-refractivity contribution < 1.29 is 18.0 Å². The molecule has 0 fully saturated rings. The molecule has 0 radical (unpaired) electrons. The Balaban J connectivity index is 2.89. The van der Waals surface area contributed by atoms with E-state index in [-0.39, 0.29) is 5.91 Å². The molecular formula is C13H15BrF3NO. The first-order valence-electron chi connectivity index (χ1n) is 5.69. The molecule has 0 bridgehead atoms. The Morgan fingerprint density at radius 1 is 1.32 bits per heavy atom. The first-order valence-corrected chi connectivity index (χ1v) is 6.48. The maximum atomic E-state index is 12.6. The molecule has 0 aromatic heterocycles. The molecule has 1 aromatic carbocycles. The number of benzene rings is 1. The third-order valence-corrected chi connectivity index (χ3v) is 2.96. The zero-order valence-electron chi connectivity index (χ0n) is 10.8. The van der Waals surface area contributed by atoms with Crippen molar-refractivity contribution in [3.05, 3.63) is 35.4 Å². The molecule has 0 spiro atoms. The number of alkyl halides is 4. The van der Waals surface area contributed by atoms with Crippen LogP contribution in [0.5, 0.6) is 0 Å². The van der Waals surface area contributed by atoms with Gasteiger partial charge in [0.15, 0.2) is 0 Å². The summed E-state index contributed by atoms with van der Waals surface area (Å²) in [6.07, 6.45) is -4.38. The zero-order valence-corrected chi connectivity index (χ0v) is 12.4. The second-order valence-electron chi connectivity index (χ2n) is 4.79. The minimum Gasteiger partial charge on any atom is -0.348 e. The van der Waals surface area contributed by atoms with Crippen LogP contribution in [0.3, 0.4) is 0 Å². The molecule has 6 heteroatoms. The number of hydrogen-bond acceptors (Lipinski definition) is 1. The first kappa shape index (κ1) is 16.0. The van der Waals surface area contributed by atoms with Gasteiger partial charge >= 0.3 is 6.18 Å². The quantitative estimate of drug-likeness (QED) is 0.828. The lowest BCUT2D eigenvalue weighted by molar-refractivity contribution is -0.137. The fourth-order valence-electron chi connectivity index (χ4n) is 1.44. The van der Waals surface area contributed by atoms with E-state index in [0.717, 1.165) is 12.1 Å². The van der Waals surface area contributed by atoms with Crippen LogP contribution in [0.4, 0.5) is 13.2 Å². The molecule has 1 atom stereocenters. The van der Waals surface area contributed by atoms with Crippen LogP contribution in [0.1, 0.15) is 37.9 Å². The van der Waals surface area contributed by atoms with Gasteiger partial charge in [-0.2, -0.15) is 13.2 Å². The topological polar surface area (TPSA) is 29.1 Å². The molecule has 1 unspecified atom stereocenters. The summed E-state index contributed by atoms with van der Waals surface area (Å²) in [4.78, 5) is 11.7. The van der Waals surface area contributed by atoms with Crippen LogP contribution < -0.4 is 5.32 Å². The number of hydrogen-bond donors (Lipinski definition) is 1. The summed E-state index contributed by atoms with van der Waals surface area (Å²) < 4.78 is 37.0. The predicted molar refractivity (Wildman–Crippen MR) is 71.0 cm³/mol. The number of rotatable bonds is 3. The summed E-state index contributed by atoms with van der Waals surface area (Å²) in [7, 11) is 0. The van der Waals surface area contributed by atoms with E-state index in [1.165, 1.54) is 6.07 Å². The molecule has 106 valence electrons. The lowest BCUT2D eigenvalue weighted by atomic mass is 10.0. The predicted octanol–water partition coefficient (Wildman–Crippen LogP) is 4.06. The largest absolute Gasteiger partial charge is 0.416 e. The van der Waals surface area contributed by atoms with Crippen molar-refractivity contribution >= 4 is 21.8 Å². The van der Waals surface area contributed by atoms with Crippen molar-refractivity contribution in [2.45, 2.75) is 37.3 Å². The molecule has 1 aromatic rings. The van der Waals surface area contributed by atoms with Gasteiger partial charge in [-0.3, -0.25) is 4.79 Å². The maximum absolute atomic E-state index is 12.6. The van der Waals surface area contributed by atoms with Gasteiger partial charge < -0.3 is 5.32 Å². The molecule has 0 aliphatic carbocycles. The molecule has 0 aliphatic heterocycles. The smallest absolute Gasteiger partial charge is 0.348 e. The van der Waals surface area contributed by atoms with Crippen LogP contribution in [0, 0.1) is 0 Å². The SMILES string of the molecule is CC(NC(=O)C(C)(C)Br)c1cccc(C(F)(F)F)c1. The van der Waals surface area contributed by atoms with E-state index in [1.807, 2.05) is 0 Å². The summed E-state index contributed by atoms with van der Waals surface area (Å²) in [5.74, 6) is -0.280. The van der Waals surface area contributed by atoms with Crippen molar-refractivity contribution in [3.63, 3.8) is 0 Å². The highest BCUT2D eigenvalue weighted by Crippen LogP contribution is 2.30. The van der Waals surface area contributed by atoms with Crippen molar-refractivity contribution in [2.75, 3.05) is 0 Å². The van der Waals surface area contributed by atoms with Crippen LogP contribution in [0.25, 0.3) is 0 Å². The maximum Gasteiger partial charge on any atom is 0.416 e. The first-order chi connectivity index (χ1) is 8.51. The van der Waals surface area contributed by atoms with Crippen LogP contribution in [-0.2, 0) is 11.0 Å². The lowest BCUT2D eigenvalue weighted by Crippen LogP contribution is -2.38. The Hall–Kier alpha value is -1.04. The van der Waals surface area contributed by atoms with E-state index in [2.05, 4.69) is 21.2 Å². The van der Waals surface area contributed by atoms with E-state index in [9.17, 15) is 18.0 Å². The van der Waals surface area contributed by atoms with E-state index >= 15 is 0 Å². The number of carbonyl (C=O) groups excluding carboxylic acids is 1. The zero-order chi connectivity index (χ0) is 14.8. The van der Waals surface area contributed by atoms with Gasteiger partial charge in [-0.1, -0.05) is 28.1 Å². The van der Waals surface area contributed by atoms with Crippen molar-refractivity contribution in [3.8, 4) is 0 Å². The lowest BCUT2D eigenvalue weighted by Gasteiger charge is -2.21. The Labute approximate surface area is 118 Å². The van der Waals surface area contributed by atoms with Gasteiger partial charge in [0, 0.05) is 0 Å². The highest BCUT2D eigenvalue weighted by atomic mass is 79.9. The summed E-state index contributed by atoms with van der Waals surface area (Å²) in [6.45, 7) is 4.98. The average Bonchev–Trinajstić information content (AvgIpc) is 2.26. The van der Waals surface area contributed by atoms with E-state index in [4.69, 9.17) is 0 Å². The fourth-order valence-corrected chi connectivity index (χ4v) is 1.55. The molecule has 1 N–H and O–H groups in total. The minimum atomic E-state index is -4.38. The summed E-state index contributed by atoms with van der Waals surface area (Å²) in [5.41, 5.74) is -0.302. The second kappa shape index (κ2) is 5.53. The molecule has 0 saturated carbocycles. The molecule has 0 heterocycles. The van der Waals surface area contributed by atoms with Gasteiger partial charge in [0.25, 0.3) is 0 Å². The van der Waals surface area contributed by atoms with Gasteiger partial charge in [0.05, 0.1) is 15.9 Å². The average molecular weight is 338 g/mol. The standard InChI is InChI=1S/C13H15BrF3NO/c1-8(18-11(19)12(2,3)14)9-5-4-6-10(7-9)13(15,16)17/h4-8H,1-3H3,(H,18,19). The van der Waals surface area contributed by atoms with Gasteiger partial charge in [-0.05, 0) is 38.5 Å². The highest BCUT2D eigenvalue weighted by molar-refractivity contribution is 9.10. The Morgan fingerprint density at radius 2 is 1.89 bits per heavy atom. The van der Waals surface area contributed by atoms with Crippen molar-refractivity contribution in [2.24, 2.45) is 0 Å². The van der Waals surface area contributed by atoms with Gasteiger partial charge in [0.1, 0.15) is 0 Å². The number of halogens is 4. The number of amides is 1. The van der Waals surface area contributed by atoms with Crippen LogP contribution in [-0.4, -0.2) is 10.2 Å². The van der Waals surface area contributed by atoms with Crippen molar-refractivity contribution in [1.82, 2.24) is 5.32 Å². The molecular weight excluding hydrogens is 323 g/mol. The molecule has 1 rings (SSSR count). The Kier molecular flexibility index (Phi) is 4.66. The third kappa shape index (κ3) is 4.53. The second-order valence-corrected chi connectivity index (χ2v) is 6.77. The number of carbonyl (C=O) groups is 1. The van der Waals surface area contributed by atoms with Gasteiger partial charge in [-0.25, -0.2) is 0 Å². The van der Waals surface area contributed by atoms with Gasteiger partial charge in [-0.15, -0.1) is 0 Å². The van der Waals surface area contributed by atoms with Crippen LogP contribution in [0.2, 0.25) is 0 Å². The molecule has 0 aliphatic rings. The molecule has 0 saturated heterocycles. The van der Waals surface area contributed by atoms with Gasteiger partial charge in [0.2, 0.25) is 5.91 Å². The van der Waals surface area contributed by atoms with E-state index in [0.29, 0.717) is 5.56 Å². The van der Waals surface area contributed by atoms with Crippen molar-refractivity contribution in [1.29, 1.82) is 0 Å². The molecule has 19 heavy (non-hydrogen) atoms. The minimum absolute atomic E-state index is 0.280. The molecule has 2 nitrogen and oxygen atoms in total. The Morgan fingerprint density at radius 3 is 2.37 bits per heavy atom. The molecule has 1 amide bonds. The highest BCUT2D eigenvalue weighted by Gasteiger charge is 2.31. The van der Waals surface area contributed by atoms with E-state index < -0.39 is 22.1 Å². The summed E-state index contributed by atoms with van der Waals surface area (Å²) in [5, 5.41) is 2.66. The Bertz CT molecular complexity index is 466. The summed E-state index contributed by atoms with van der Waals surface area (Å²) >= 11 is 3.20. The van der Waals surface area contributed by atoms with E-state index in [1.54, 1.807) is 26.8 Å². The fraction of sp³-hybridized carbons (Fsp3) is 0.462. The van der Waals surface area contributed by atoms with Crippen LogP contribution >= 0.6 is 15.9 Å². The van der Waals surface area contributed by atoms with Crippen LogP contribution in [0.15, 0.2) is 24.3 Å².